The van der Waals surface area contributed by atoms with Gasteiger partial charge in [0, 0.05) is 36.0 Å². The van der Waals surface area contributed by atoms with Crippen molar-refractivity contribution >= 4 is 5.69 Å². The monoisotopic (exact) mass is 342 g/mol. The third kappa shape index (κ3) is 3.82. The van der Waals surface area contributed by atoms with Crippen LogP contribution in [-0.4, -0.2) is 12.6 Å². The predicted molar refractivity (Wildman–Crippen MR) is 105 cm³/mol. The maximum absolute atomic E-state index is 14.7. The summed E-state index contributed by atoms with van der Waals surface area (Å²) >= 11 is 0. The molecule has 0 spiro atoms. The third-order valence-electron chi connectivity index (χ3n) is 5.50. The number of halogens is 1. The molecule has 1 aromatic rings. The Morgan fingerprint density at radius 3 is 2.72 bits per heavy atom. The van der Waals surface area contributed by atoms with Crippen LogP contribution in [0.25, 0.3) is 0 Å². The summed E-state index contributed by atoms with van der Waals surface area (Å²) in [5.74, 6) is 0.415. The molecule has 3 heteroatoms. The molecular weight excluding hydrogens is 311 g/mol. The van der Waals surface area contributed by atoms with Gasteiger partial charge in [-0.15, -0.1) is 0 Å². The number of rotatable bonds is 7. The van der Waals surface area contributed by atoms with Crippen molar-refractivity contribution in [3.63, 3.8) is 0 Å². The van der Waals surface area contributed by atoms with Gasteiger partial charge < -0.3 is 10.6 Å². The molecule has 0 bridgehead atoms. The standard InChI is InChI=1S/C22H31FN2/c1-5-7-14(3)21-18(6-2)24-13-12-20(21)25-19-11-10-17(16-8-9-16)22(23)15(19)4/h10-11,16,18,24-25H,3,5-9,12-13H2,1-2,4H3. The van der Waals surface area contributed by atoms with Crippen molar-refractivity contribution in [3.05, 3.63) is 52.5 Å². The van der Waals surface area contributed by atoms with E-state index in [1.54, 1.807) is 0 Å². The minimum atomic E-state index is -0.0250. The highest BCUT2D eigenvalue weighted by Gasteiger charge is 2.28. The van der Waals surface area contributed by atoms with E-state index in [-0.39, 0.29) is 5.82 Å². The van der Waals surface area contributed by atoms with Crippen molar-refractivity contribution in [3.8, 4) is 0 Å². The first-order chi connectivity index (χ1) is 12.1. The van der Waals surface area contributed by atoms with E-state index in [1.807, 2.05) is 13.0 Å². The fraction of sp³-hybridized carbons (Fsp3) is 0.545. The number of nitrogens with one attached hydrogen (secondary N) is 2. The molecule has 25 heavy (non-hydrogen) atoms. The van der Waals surface area contributed by atoms with Crippen LogP contribution in [-0.2, 0) is 0 Å². The molecule has 1 aliphatic carbocycles. The van der Waals surface area contributed by atoms with Crippen LogP contribution in [0.3, 0.4) is 0 Å². The summed E-state index contributed by atoms with van der Waals surface area (Å²) in [6.07, 6.45) is 6.32. The Balaban J connectivity index is 1.93. The van der Waals surface area contributed by atoms with Crippen LogP contribution in [0.4, 0.5) is 10.1 Å². The quantitative estimate of drug-likeness (QED) is 0.654. The van der Waals surface area contributed by atoms with Gasteiger partial charge in [-0.05, 0) is 61.3 Å². The Labute approximate surface area is 151 Å². The van der Waals surface area contributed by atoms with Gasteiger partial charge >= 0.3 is 0 Å². The van der Waals surface area contributed by atoms with E-state index in [2.05, 4.69) is 37.1 Å². The second kappa shape index (κ2) is 7.74. The van der Waals surface area contributed by atoms with Gasteiger partial charge in [0.05, 0.1) is 0 Å². The highest BCUT2D eigenvalue weighted by Crippen LogP contribution is 2.43. The highest BCUT2D eigenvalue weighted by atomic mass is 19.1. The number of benzene rings is 1. The Kier molecular flexibility index (Phi) is 5.63. The van der Waals surface area contributed by atoms with Crippen LogP contribution in [0.15, 0.2) is 35.6 Å². The van der Waals surface area contributed by atoms with Crippen LogP contribution in [0.2, 0.25) is 0 Å². The normalized spacial score (nSPS) is 20.7. The maximum Gasteiger partial charge on any atom is 0.131 e. The van der Waals surface area contributed by atoms with Crippen LogP contribution in [0.1, 0.15) is 69.4 Å². The smallest absolute Gasteiger partial charge is 0.131 e. The van der Waals surface area contributed by atoms with E-state index in [4.69, 9.17) is 0 Å². The number of hydrogen-bond donors (Lipinski definition) is 2. The van der Waals surface area contributed by atoms with E-state index in [0.29, 0.717) is 12.0 Å². The summed E-state index contributed by atoms with van der Waals surface area (Å²) in [4.78, 5) is 0. The second-order valence-corrected chi connectivity index (χ2v) is 7.45. The van der Waals surface area contributed by atoms with Crippen LogP contribution in [0, 0.1) is 12.7 Å². The first-order valence-electron chi connectivity index (χ1n) is 9.77. The molecule has 3 rings (SSSR count). The Bertz CT molecular complexity index is 686. The number of anilines is 1. The summed E-state index contributed by atoms with van der Waals surface area (Å²) < 4.78 is 14.7. The van der Waals surface area contributed by atoms with Crippen LogP contribution >= 0.6 is 0 Å². The topological polar surface area (TPSA) is 24.1 Å². The summed E-state index contributed by atoms with van der Waals surface area (Å²) in [5, 5.41) is 7.17. The van der Waals surface area contributed by atoms with Crippen LogP contribution < -0.4 is 10.6 Å². The van der Waals surface area contributed by atoms with Crippen molar-refractivity contribution < 1.29 is 4.39 Å². The zero-order valence-corrected chi connectivity index (χ0v) is 15.8. The molecule has 0 amide bonds. The van der Waals surface area contributed by atoms with Gasteiger partial charge in [-0.25, -0.2) is 4.39 Å². The first kappa shape index (κ1) is 18.2. The molecule has 0 radical (unpaired) electrons. The highest BCUT2D eigenvalue weighted by molar-refractivity contribution is 5.59. The molecule has 1 aromatic carbocycles. The minimum Gasteiger partial charge on any atom is -0.358 e. The van der Waals surface area contributed by atoms with Gasteiger partial charge in [-0.3, -0.25) is 0 Å². The molecule has 2 nitrogen and oxygen atoms in total. The summed E-state index contributed by atoms with van der Waals surface area (Å²) in [6, 6.07) is 4.37. The lowest BCUT2D eigenvalue weighted by atomic mass is 9.89. The first-order valence-corrected chi connectivity index (χ1v) is 9.77. The summed E-state index contributed by atoms with van der Waals surface area (Å²) in [6.45, 7) is 11.6. The largest absolute Gasteiger partial charge is 0.358 e. The molecule has 2 aliphatic rings. The van der Waals surface area contributed by atoms with Gasteiger partial charge in [0.25, 0.3) is 0 Å². The summed E-state index contributed by atoms with van der Waals surface area (Å²) in [5.41, 5.74) is 6.26. The molecule has 1 aliphatic heterocycles. The zero-order valence-electron chi connectivity index (χ0n) is 15.8. The van der Waals surface area contributed by atoms with Gasteiger partial charge in [-0.2, -0.15) is 0 Å². The van der Waals surface area contributed by atoms with Crippen molar-refractivity contribution in [2.75, 3.05) is 11.9 Å². The zero-order chi connectivity index (χ0) is 18.0. The van der Waals surface area contributed by atoms with E-state index < -0.39 is 0 Å². The molecule has 0 saturated heterocycles. The lowest BCUT2D eigenvalue weighted by molar-refractivity contribution is 0.524. The van der Waals surface area contributed by atoms with Crippen molar-refractivity contribution in [2.24, 2.45) is 0 Å². The minimum absolute atomic E-state index is 0.0250. The van der Waals surface area contributed by atoms with Gasteiger partial charge in [0.1, 0.15) is 5.82 Å². The lowest BCUT2D eigenvalue weighted by Crippen LogP contribution is -2.38. The Morgan fingerprint density at radius 2 is 2.08 bits per heavy atom. The predicted octanol–water partition coefficient (Wildman–Crippen LogP) is 5.81. The molecule has 1 saturated carbocycles. The van der Waals surface area contributed by atoms with Crippen molar-refractivity contribution in [1.82, 2.24) is 5.32 Å². The molecule has 1 heterocycles. The van der Waals surface area contributed by atoms with Crippen LogP contribution in [0.5, 0.6) is 0 Å². The molecule has 2 N–H and O–H groups in total. The fourth-order valence-electron chi connectivity index (χ4n) is 3.91. The van der Waals surface area contributed by atoms with Gasteiger partial charge in [-0.1, -0.05) is 32.9 Å². The second-order valence-electron chi connectivity index (χ2n) is 7.45. The molecular formula is C22H31FN2. The average molecular weight is 343 g/mol. The molecule has 1 fully saturated rings. The van der Waals surface area contributed by atoms with Crippen molar-refractivity contribution in [2.45, 2.75) is 71.3 Å². The fourth-order valence-corrected chi connectivity index (χ4v) is 3.91. The van der Waals surface area contributed by atoms with E-state index in [0.717, 1.165) is 61.9 Å². The number of hydrogen-bond acceptors (Lipinski definition) is 2. The Morgan fingerprint density at radius 1 is 1.32 bits per heavy atom. The summed E-state index contributed by atoms with van der Waals surface area (Å²) in [7, 11) is 0. The molecule has 1 unspecified atom stereocenters. The van der Waals surface area contributed by atoms with E-state index in [1.165, 1.54) is 16.8 Å². The van der Waals surface area contributed by atoms with Gasteiger partial charge in [0.15, 0.2) is 0 Å². The van der Waals surface area contributed by atoms with E-state index >= 15 is 0 Å². The molecule has 1 atom stereocenters. The molecule has 0 aromatic heterocycles. The van der Waals surface area contributed by atoms with E-state index in [9.17, 15) is 4.39 Å². The lowest BCUT2D eigenvalue weighted by Gasteiger charge is -2.31. The molecule has 136 valence electrons. The van der Waals surface area contributed by atoms with Gasteiger partial charge in [0.2, 0.25) is 0 Å². The van der Waals surface area contributed by atoms with Crippen molar-refractivity contribution in [1.29, 1.82) is 0 Å². The average Bonchev–Trinajstić information content (AvgIpc) is 3.44. The third-order valence-corrected chi connectivity index (χ3v) is 5.50. The maximum atomic E-state index is 14.7. The SMILES string of the molecule is C=C(CCC)C1=C(Nc2ccc(C3CC3)c(F)c2C)CCNC1CC. The Hall–Kier alpha value is -1.61.